The van der Waals surface area contributed by atoms with Crippen LogP contribution >= 0.6 is 11.8 Å². The molecule has 1 atom stereocenters. The molecule has 6 nitrogen and oxygen atoms in total. The number of carbonyl (C=O) groups excluding carboxylic acids is 2. The minimum absolute atomic E-state index is 0.231. The lowest BCUT2D eigenvalue weighted by Crippen LogP contribution is -2.25. The number of nitrogens with one attached hydrogen (secondary N) is 1. The van der Waals surface area contributed by atoms with Crippen LogP contribution < -0.4 is 10.1 Å². The highest BCUT2D eigenvalue weighted by Gasteiger charge is 2.31. The first-order valence-corrected chi connectivity index (χ1v) is 11.9. The van der Waals surface area contributed by atoms with Gasteiger partial charge in [0.1, 0.15) is 12.4 Å². The predicted octanol–water partition coefficient (Wildman–Crippen LogP) is 5.38. The van der Waals surface area contributed by atoms with Gasteiger partial charge in [-0.25, -0.2) is 0 Å². The SMILES string of the molecule is CC(=NOCCOc1ccc(CC2SC(=O)NC2=O)cc1)c1ccc(-c2ccc(C)cc2)cc1. The van der Waals surface area contributed by atoms with Gasteiger partial charge in [-0.2, -0.15) is 0 Å². The number of rotatable bonds is 9. The Morgan fingerprint density at radius 2 is 1.56 bits per heavy atom. The molecule has 174 valence electrons. The number of imide groups is 1. The van der Waals surface area contributed by atoms with Gasteiger partial charge in [-0.1, -0.05) is 83.1 Å². The van der Waals surface area contributed by atoms with E-state index < -0.39 is 0 Å². The first-order valence-electron chi connectivity index (χ1n) is 11.1. The smallest absolute Gasteiger partial charge is 0.286 e. The Hall–Kier alpha value is -3.58. The summed E-state index contributed by atoms with van der Waals surface area (Å²) in [5.41, 5.74) is 6.37. The minimum Gasteiger partial charge on any atom is -0.490 e. The zero-order valence-electron chi connectivity index (χ0n) is 19.1. The normalized spacial score (nSPS) is 15.8. The number of carbonyl (C=O) groups is 2. The standard InChI is InChI=1S/C27H26N2O4S/c1-18-3-7-22(8-4-18)23-11-9-21(10-12-23)19(2)29-33-16-15-32-24-13-5-20(6-14-24)17-25-26(30)28-27(31)34-25/h3-14,25H,15-17H2,1-2H3,(H,28,30,31). The number of benzene rings is 3. The van der Waals surface area contributed by atoms with Crippen molar-refractivity contribution in [1.29, 1.82) is 0 Å². The molecule has 3 aromatic carbocycles. The number of oxime groups is 1. The van der Waals surface area contributed by atoms with Crippen molar-refractivity contribution < 1.29 is 19.2 Å². The van der Waals surface area contributed by atoms with Crippen molar-refractivity contribution >= 4 is 28.6 Å². The summed E-state index contributed by atoms with van der Waals surface area (Å²) in [6.45, 7) is 4.67. The molecule has 0 aliphatic carbocycles. The highest BCUT2D eigenvalue weighted by Crippen LogP contribution is 2.24. The topological polar surface area (TPSA) is 77.0 Å². The summed E-state index contributed by atoms with van der Waals surface area (Å²) < 4.78 is 5.70. The molecule has 3 aromatic rings. The Morgan fingerprint density at radius 3 is 2.18 bits per heavy atom. The Labute approximate surface area is 203 Å². The fourth-order valence-corrected chi connectivity index (χ4v) is 4.37. The molecule has 1 N–H and O–H groups in total. The van der Waals surface area contributed by atoms with Crippen LogP contribution in [0.25, 0.3) is 11.1 Å². The molecular weight excluding hydrogens is 448 g/mol. The number of amides is 2. The number of ether oxygens (including phenoxy) is 1. The van der Waals surface area contributed by atoms with Crippen LogP contribution in [0.2, 0.25) is 0 Å². The van der Waals surface area contributed by atoms with Gasteiger partial charge in [-0.3, -0.25) is 14.9 Å². The van der Waals surface area contributed by atoms with Crippen molar-refractivity contribution in [2.75, 3.05) is 13.2 Å². The fraction of sp³-hybridized carbons (Fsp3) is 0.222. The number of thioether (sulfide) groups is 1. The largest absolute Gasteiger partial charge is 0.490 e. The number of aryl methyl sites for hydroxylation is 1. The molecule has 34 heavy (non-hydrogen) atoms. The van der Waals surface area contributed by atoms with Gasteiger partial charge in [0.15, 0.2) is 6.61 Å². The van der Waals surface area contributed by atoms with Gasteiger partial charge in [-0.15, -0.1) is 0 Å². The maximum Gasteiger partial charge on any atom is 0.286 e. The van der Waals surface area contributed by atoms with Crippen LogP contribution in [-0.2, 0) is 16.1 Å². The van der Waals surface area contributed by atoms with Gasteiger partial charge in [0, 0.05) is 0 Å². The molecule has 0 radical (unpaired) electrons. The molecule has 1 fully saturated rings. The number of hydrogen-bond donors (Lipinski definition) is 1. The Bertz CT molecular complexity index is 1170. The van der Waals surface area contributed by atoms with Gasteiger partial charge in [0.05, 0.1) is 11.0 Å². The fourth-order valence-electron chi connectivity index (χ4n) is 3.51. The van der Waals surface area contributed by atoms with Crippen LogP contribution in [0.4, 0.5) is 4.79 Å². The van der Waals surface area contributed by atoms with Crippen LogP contribution in [0.3, 0.4) is 0 Å². The summed E-state index contributed by atoms with van der Waals surface area (Å²) in [4.78, 5) is 28.4. The van der Waals surface area contributed by atoms with Crippen molar-refractivity contribution in [2.45, 2.75) is 25.5 Å². The number of hydrogen-bond acceptors (Lipinski definition) is 6. The third-order valence-electron chi connectivity index (χ3n) is 5.44. The predicted molar refractivity (Wildman–Crippen MR) is 135 cm³/mol. The molecule has 1 aliphatic rings. The zero-order valence-corrected chi connectivity index (χ0v) is 19.9. The molecule has 2 amide bonds. The highest BCUT2D eigenvalue weighted by molar-refractivity contribution is 8.15. The number of nitrogens with zero attached hydrogens (tertiary/aromatic N) is 1. The van der Waals surface area contributed by atoms with Gasteiger partial charge >= 0.3 is 0 Å². The van der Waals surface area contributed by atoms with Crippen molar-refractivity contribution in [1.82, 2.24) is 5.32 Å². The second kappa shape index (κ2) is 11.0. The first-order chi connectivity index (χ1) is 16.5. The van der Waals surface area contributed by atoms with Crippen molar-refractivity contribution in [3.63, 3.8) is 0 Å². The molecule has 1 heterocycles. The molecular formula is C27H26N2O4S. The Balaban J connectivity index is 1.21. The average Bonchev–Trinajstić information content (AvgIpc) is 3.16. The van der Waals surface area contributed by atoms with Crippen LogP contribution in [0, 0.1) is 6.92 Å². The van der Waals surface area contributed by atoms with E-state index in [2.05, 4.69) is 53.8 Å². The van der Waals surface area contributed by atoms with E-state index in [4.69, 9.17) is 9.57 Å². The van der Waals surface area contributed by atoms with Gasteiger partial charge in [0.2, 0.25) is 5.91 Å². The third kappa shape index (κ3) is 6.26. The average molecular weight is 475 g/mol. The quantitative estimate of drug-likeness (QED) is 0.256. The van der Waals surface area contributed by atoms with Crippen molar-refractivity contribution in [2.24, 2.45) is 5.16 Å². The second-order valence-corrected chi connectivity index (χ2v) is 9.21. The van der Waals surface area contributed by atoms with Gasteiger partial charge in [-0.05, 0) is 54.7 Å². The van der Waals surface area contributed by atoms with E-state index in [0.717, 1.165) is 34.2 Å². The molecule has 1 unspecified atom stereocenters. The summed E-state index contributed by atoms with van der Waals surface area (Å²) in [6.07, 6.45) is 0.506. The molecule has 4 rings (SSSR count). The monoisotopic (exact) mass is 474 g/mol. The van der Waals surface area contributed by atoms with E-state index in [9.17, 15) is 9.59 Å². The van der Waals surface area contributed by atoms with E-state index in [1.807, 2.05) is 43.3 Å². The molecule has 0 aromatic heterocycles. The maximum atomic E-state index is 11.7. The van der Waals surface area contributed by atoms with Crippen LogP contribution in [-0.4, -0.2) is 35.3 Å². The molecule has 0 saturated carbocycles. The van der Waals surface area contributed by atoms with E-state index in [1.54, 1.807) is 0 Å². The Kier molecular flexibility index (Phi) is 7.65. The third-order valence-corrected chi connectivity index (χ3v) is 6.43. The summed E-state index contributed by atoms with van der Waals surface area (Å²) in [5.74, 6) is 0.477. The maximum absolute atomic E-state index is 11.7. The van der Waals surface area contributed by atoms with Crippen molar-refractivity contribution in [3.05, 3.63) is 89.5 Å². The van der Waals surface area contributed by atoms with E-state index >= 15 is 0 Å². The minimum atomic E-state index is -0.368. The molecule has 0 spiro atoms. The zero-order chi connectivity index (χ0) is 23.9. The molecule has 1 saturated heterocycles. The summed E-state index contributed by atoms with van der Waals surface area (Å²) in [5, 5.41) is 5.84. The van der Waals surface area contributed by atoms with Crippen LogP contribution in [0.5, 0.6) is 5.75 Å². The van der Waals surface area contributed by atoms with Gasteiger partial charge < -0.3 is 9.57 Å². The summed E-state index contributed by atoms with van der Waals surface area (Å²) >= 11 is 1.03. The van der Waals surface area contributed by atoms with E-state index in [1.165, 1.54) is 11.1 Å². The lowest BCUT2D eigenvalue weighted by Gasteiger charge is -2.09. The summed E-state index contributed by atoms with van der Waals surface area (Å²) in [6, 6.07) is 24.2. The second-order valence-electron chi connectivity index (χ2n) is 8.03. The van der Waals surface area contributed by atoms with E-state index in [0.29, 0.717) is 25.4 Å². The highest BCUT2D eigenvalue weighted by atomic mass is 32.2. The lowest BCUT2D eigenvalue weighted by atomic mass is 10.0. The van der Waals surface area contributed by atoms with Crippen LogP contribution in [0.1, 0.15) is 23.6 Å². The Morgan fingerprint density at radius 1 is 0.912 bits per heavy atom. The van der Waals surface area contributed by atoms with Crippen LogP contribution in [0.15, 0.2) is 78.0 Å². The summed E-state index contributed by atoms with van der Waals surface area (Å²) in [7, 11) is 0. The lowest BCUT2D eigenvalue weighted by molar-refractivity contribution is -0.118. The molecule has 0 bridgehead atoms. The molecule has 7 heteroatoms. The first kappa shape index (κ1) is 23.6. The molecule has 1 aliphatic heterocycles. The van der Waals surface area contributed by atoms with Gasteiger partial charge in [0.25, 0.3) is 5.24 Å². The van der Waals surface area contributed by atoms with Crippen molar-refractivity contribution in [3.8, 4) is 16.9 Å². The van der Waals surface area contributed by atoms with E-state index in [-0.39, 0.29) is 16.4 Å².